The number of ether oxygens (including phenoxy) is 1. The molecule has 1 aromatic rings. The molecule has 1 unspecified atom stereocenters. The van der Waals surface area contributed by atoms with Crippen molar-refractivity contribution in [3.05, 3.63) is 35.4 Å². The van der Waals surface area contributed by atoms with Crippen LogP contribution in [0.4, 0.5) is 0 Å². The lowest BCUT2D eigenvalue weighted by Gasteiger charge is -2.08. The lowest BCUT2D eigenvalue weighted by Crippen LogP contribution is -2.20. The highest BCUT2D eigenvalue weighted by molar-refractivity contribution is 5.75. The summed E-state index contributed by atoms with van der Waals surface area (Å²) < 4.78 is 4.95. The molecule has 1 atom stereocenters. The Morgan fingerprint density at radius 1 is 1.60 bits per heavy atom. The second-order valence-electron chi connectivity index (χ2n) is 3.30. The zero-order valence-corrected chi connectivity index (χ0v) is 8.64. The average molecular weight is 209 g/mol. The molecule has 0 amide bonds. The molecule has 0 saturated heterocycles. The van der Waals surface area contributed by atoms with Crippen LogP contribution in [0.15, 0.2) is 24.3 Å². The highest BCUT2D eigenvalue weighted by Crippen LogP contribution is 2.13. The van der Waals surface area contributed by atoms with Gasteiger partial charge in [-0.05, 0) is 17.5 Å². The number of hydrogen-bond donors (Lipinski definition) is 2. The van der Waals surface area contributed by atoms with E-state index in [1.807, 2.05) is 12.1 Å². The van der Waals surface area contributed by atoms with E-state index in [1.165, 1.54) is 0 Å². The fourth-order valence-corrected chi connectivity index (χ4v) is 1.30. The Morgan fingerprint density at radius 3 is 2.93 bits per heavy atom. The van der Waals surface area contributed by atoms with Crippen LogP contribution in [0.3, 0.4) is 0 Å². The number of carbonyl (C=O) groups is 1. The van der Waals surface area contributed by atoms with Crippen molar-refractivity contribution in [3.8, 4) is 0 Å². The van der Waals surface area contributed by atoms with E-state index in [0.717, 1.165) is 12.0 Å². The van der Waals surface area contributed by atoms with Crippen molar-refractivity contribution in [2.45, 2.75) is 12.5 Å². The molecule has 0 spiro atoms. The van der Waals surface area contributed by atoms with Gasteiger partial charge in [-0.2, -0.15) is 0 Å². The van der Waals surface area contributed by atoms with E-state index in [1.54, 1.807) is 19.2 Å². The van der Waals surface area contributed by atoms with Crippen LogP contribution in [0, 0.1) is 0 Å². The molecular weight excluding hydrogens is 194 g/mol. The van der Waals surface area contributed by atoms with Gasteiger partial charge in [0, 0.05) is 7.11 Å². The Morgan fingerprint density at radius 2 is 2.33 bits per heavy atom. The molecule has 4 nitrogen and oxygen atoms in total. The number of carboxylic acid groups (broad SMARTS) is 1. The SMILES string of the molecule is COCCc1cccc(C(N)C(=O)O)c1. The molecule has 0 aromatic heterocycles. The van der Waals surface area contributed by atoms with Gasteiger partial charge in [-0.15, -0.1) is 0 Å². The van der Waals surface area contributed by atoms with Crippen LogP contribution in [0.25, 0.3) is 0 Å². The first-order valence-electron chi connectivity index (χ1n) is 4.71. The van der Waals surface area contributed by atoms with E-state index in [0.29, 0.717) is 12.2 Å². The summed E-state index contributed by atoms with van der Waals surface area (Å²) in [7, 11) is 1.63. The van der Waals surface area contributed by atoms with Gasteiger partial charge >= 0.3 is 5.97 Å². The second-order valence-corrected chi connectivity index (χ2v) is 3.30. The number of aliphatic carboxylic acids is 1. The molecule has 0 aliphatic heterocycles. The zero-order valence-electron chi connectivity index (χ0n) is 8.64. The van der Waals surface area contributed by atoms with E-state index < -0.39 is 12.0 Å². The fourth-order valence-electron chi connectivity index (χ4n) is 1.30. The number of benzene rings is 1. The van der Waals surface area contributed by atoms with Gasteiger partial charge in [0.15, 0.2) is 0 Å². The van der Waals surface area contributed by atoms with Gasteiger partial charge in [-0.25, -0.2) is 0 Å². The minimum absolute atomic E-state index is 0.617. The van der Waals surface area contributed by atoms with E-state index in [-0.39, 0.29) is 0 Å². The topological polar surface area (TPSA) is 72.5 Å². The quantitative estimate of drug-likeness (QED) is 0.757. The number of carboxylic acids is 1. The molecule has 0 aliphatic carbocycles. The van der Waals surface area contributed by atoms with Crippen LogP contribution in [0.2, 0.25) is 0 Å². The third kappa shape index (κ3) is 3.34. The molecule has 1 rings (SSSR count). The van der Waals surface area contributed by atoms with Crippen LogP contribution in [-0.2, 0) is 16.0 Å². The van der Waals surface area contributed by atoms with Gasteiger partial charge in [0.25, 0.3) is 0 Å². The maximum Gasteiger partial charge on any atom is 0.325 e. The summed E-state index contributed by atoms with van der Waals surface area (Å²) in [6.07, 6.45) is 0.761. The summed E-state index contributed by atoms with van der Waals surface area (Å²) in [5.74, 6) is -1.01. The number of rotatable bonds is 5. The molecule has 15 heavy (non-hydrogen) atoms. The third-order valence-electron chi connectivity index (χ3n) is 2.17. The van der Waals surface area contributed by atoms with Crippen LogP contribution in [0.1, 0.15) is 17.2 Å². The van der Waals surface area contributed by atoms with Gasteiger partial charge in [0.1, 0.15) is 6.04 Å². The summed E-state index contributed by atoms with van der Waals surface area (Å²) in [6.45, 7) is 0.617. The van der Waals surface area contributed by atoms with Crippen molar-refractivity contribution >= 4 is 5.97 Å². The summed E-state index contributed by atoms with van der Waals surface area (Å²) >= 11 is 0. The number of methoxy groups -OCH3 is 1. The average Bonchev–Trinajstić information content (AvgIpc) is 2.25. The smallest absolute Gasteiger partial charge is 0.325 e. The molecule has 0 aliphatic rings. The van der Waals surface area contributed by atoms with Crippen LogP contribution < -0.4 is 5.73 Å². The molecular formula is C11H15NO3. The van der Waals surface area contributed by atoms with E-state index in [2.05, 4.69) is 0 Å². The summed E-state index contributed by atoms with van der Waals surface area (Å²) in [4.78, 5) is 10.7. The fraction of sp³-hybridized carbons (Fsp3) is 0.364. The first-order valence-corrected chi connectivity index (χ1v) is 4.71. The van der Waals surface area contributed by atoms with Crippen LogP contribution >= 0.6 is 0 Å². The molecule has 0 heterocycles. The molecule has 82 valence electrons. The zero-order chi connectivity index (χ0) is 11.3. The van der Waals surface area contributed by atoms with Crippen molar-refractivity contribution in [1.29, 1.82) is 0 Å². The first-order chi connectivity index (χ1) is 7.15. The van der Waals surface area contributed by atoms with Crippen LogP contribution in [0.5, 0.6) is 0 Å². The van der Waals surface area contributed by atoms with Gasteiger partial charge in [0.2, 0.25) is 0 Å². The van der Waals surface area contributed by atoms with Gasteiger partial charge < -0.3 is 15.6 Å². The predicted molar refractivity (Wildman–Crippen MR) is 56.6 cm³/mol. The van der Waals surface area contributed by atoms with E-state index in [9.17, 15) is 4.79 Å². The largest absolute Gasteiger partial charge is 0.480 e. The first kappa shape index (κ1) is 11.7. The van der Waals surface area contributed by atoms with Gasteiger partial charge in [0.05, 0.1) is 6.61 Å². The summed E-state index contributed by atoms with van der Waals surface area (Å²) in [6, 6.07) is 6.31. The van der Waals surface area contributed by atoms with Crippen molar-refractivity contribution in [2.75, 3.05) is 13.7 Å². The summed E-state index contributed by atoms with van der Waals surface area (Å²) in [5, 5.41) is 8.75. The molecule has 0 saturated carbocycles. The second kappa shape index (κ2) is 5.48. The Labute approximate surface area is 88.7 Å². The molecule has 0 fully saturated rings. The Balaban J connectivity index is 2.77. The highest BCUT2D eigenvalue weighted by atomic mass is 16.5. The maximum absolute atomic E-state index is 10.7. The molecule has 1 aromatic carbocycles. The Bertz CT molecular complexity index is 338. The number of hydrogen-bond acceptors (Lipinski definition) is 3. The third-order valence-corrected chi connectivity index (χ3v) is 2.17. The minimum Gasteiger partial charge on any atom is -0.480 e. The highest BCUT2D eigenvalue weighted by Gasteiger charge is 2.13. The molecule has 4 heteroatoms. The molecule has 3 N–H and O–H groups in total. The Hall–Kier alpha value is -1.39. The monoisotopic (exact) mass is 209 g/mol. The summed E-state index contributed by atoms with van der Waals surface area (Å²) in [5.41, 5.74) is 7.16. The van der Waals surface area contributed by atoms with Crippen molar-refractivity contribution in [2.24, 2.45) is 5.73 Å². The normalized spacial score (nSPS) is 12.4. The van der Waals surface area contributed by atoms with E-state index in [4.69, 9.17) is 15.6 Å². The van der Waals surface area contributed by atoms with Crippen molar-refractivity contribution < 1.29 is 14.6 Å². The molecule has 0 radical (unpaired) electrons. The maximum atomic E-state index is 10.7. The van der Waals surface area contributed by atoms with E-state index >= 15 is 0 Å². The standard InChI is InChI=1S/C11H15NO3/c1-15-6-5-8-3-2-4-9(7-8)10(12)11(13)14/h2-4,7,10H,5-6,12H2,1H3,(H,13,14). The van der Waals surface area contributed by atoms with Crippen molar-refractivity contribution in [1.82, 2.24) is 0 Å². The molecule has 0 bridgehead atoms. The minimum atomic E-state index is -1.01. The predicted octanol–water partition coefficient (Wildman–Crippen LogP) is 0.960. The lowest BCUT2D eigenvalue weighted by molar-refractivity contribution is -0.138. The number of nitrogens with two attached hydrogens (primary N) is 1. The van der Waals surface area contributed by atoms with Crippen LogP contribution in [-0.4, -0.2) is 24.8 Å². The lowest BCUT2D eigenvalue weighted by atomic mass is 10.0. The van der Waals surface area contributed by atoms with Crippen molar-refractivity contribution in [3.63, 3.8) is 0 Å². The van der Waals surface area contributed by atoms with Gasteiger partial charge in [-0.3, -0.25) is 4.79 Å². The van der Waals surface area contributed by atoms with Gasteiger partial charge in [-0.1, -0.05) is 24.3 Å². The Kier molecular flexibility index (Phi) is 4.27.